The van der Waals surface area contributed by atoms with Crippen LogP contribution in [-0.4, -0.2) is 101 Å². The van der Waals surface area contributed by atoms with Crippen molar-refractivity contribution in [3.8, 4) is 0 Å². The highest BCUT2D eigenvalue weighted by molar-refractivity contribution is 5.94. The summed E-state index contributed by atoms with van der Waals surface area (Å²) in [6.07, 6.45) is 6.08. The number of rotatable bonds is 3. The van der Waals surface area contributed by atoms with E-state index in [0.29, 0.717) is 31.7 Å². The minimum Gasteiger partial charge on any atom is -0.335 e. The van der Waals surface area contributed by atoms with Gasteiger partial charge in [0.25, 0.3) is 5.91 Å². The van der Waals surface area contributed by atoms with Crippen molar-refractivity contribution in [2.24, 2.45) is 5.92 Å². The highest BCUT2D eigenvalue weighted by atomic mass is 16.2. The molecule has 1 aromatic heterocycles. The van der Waals surface area contributed by atoms with Crippen LogP contribution in [0.3, 0.4) is 0 Å². The number of hydrogen-bond acceptors (Lipinski definition) is 4. The zero-order valence-corrected chi connectivity index (χ0v) is 15.5. The Kier molecular flexibility index (Phi) is 4.84. The minimum atomic E-state index is 0.0266. The van der Waals surface area contributed by atoms with Gasteiger partial charge in [-0.3, -0.25) is 9.48 Å². The smallest absolute Gasteiger partial charge is 0.320 e. The third-order valence-corrected chi connectivity index (χ3v) is 5.63. The summed E-state index contributed by atoms with van der Waals surface area (Å²) >= 11 is 0. The van der Waals surface area contributed by atoms with Crippen LogP contribution in [0.2, 0.25) is 0 Å². The highest BCUT2D eigenvalue weighted by Gasteiger charge is 2.29. The van der Waals surface area contributed by atoms with Crippen molar-refractivity contribution in [2.45, 2.75) is 19.4 Å². The summed E-state index contributed by atoms with van der Waals surface area (Å²) in [4.78, 5) is 33.2. The van der Waals surface area contributed by atoms with Gasteiger partial charge >= 0.3 is 6.03 Å². The minimum absolute atomic E-state index is 0.0266. The first-order valence-electron chi connectivity index (χ1n) is 9.64. The van der Waals surface area contributed by atoms with Crippen LogP contribution in [0.15, 0.2) is 12.4 Å². The van der Waals surface area contributed by atoms with E-state index < -0.39 is 0 Å². The summed E-state index contributed by atoms with van der Waals surface area (Å²) in [5.74, 6) is 0.765. The number of nitrogens with zero attached hydrogens (tertiary/aromatic N) is 6. The molecule has 1 aromatic rings. The molecule has 8 heteroatoms. The molecule has 2 aliphatic heterocycles. The van der Waals surface area contributed by atoms with Gasteiger partial charge in [-0.1, -0.05) is 0 Å². The Morgan fingerprint density at radius 1 is 0.962 bits per heavy atom. The average molecular weight is 360 g/mol. The third-order valence-electron chi connectivity index (χ3n) is 5.63. The highest BCUT2D eigenvalue weighted by Crippen LogP contribution is 2.30. The van der Waals surface area contributed by atoms with Gasteiger partial charge in [0.2, 0.25) is 0 Å². The molecule has 0 unspecified atom stereocenters. The van der Waals surface area contributed by atoms with Crippen molar-refractivity contribution in [3.05, 3.63) is 18.0 Å². The van der Waals surface area contributed by atoms with E-state index in [9.17, 15) is 9.59 Å². The van der Waals surface area contributed by atoms with Gasteiger partial charge < -0.3 is 19.6 Å². The van der Waals surface area contributed by atoms with Crippen LogP contribution in [-0.2, 0) is 6.54 Å². The molecule has 3 amide bonds. The van der Waals surface area contributed by atoms with Crippen molar-refractivity contribution < 1.29 is 9.59 Å². The van der Waals surface area contributed by atoms with E-state index >= 15 is 0 Å². The zero-order valence-electron chi connectivity index (χ0n) is 15.5. The normalized spacial score (nSPS) is 22.0. The molecule has 1 saturated carbocycles. The molecule has 3 fully saturated rings. The maximum Gasteiger partial charge on any atom is 0.320 e. The molecule has 2 saturated heterocycles. The fourth-order valence-corrected chi connectivity index (χ4v) is 3.62. The fourth-order valence-electron chi connectivity index (χ4n) is 3.62. The lowest BCUT2D eigenvalue weighted by molar-refractivity contribution is 0.0619. The van der Waals surface area contributed by atoms with Gasteiger partial charge in [-0.25, -0.2) is 4.79 Å². The number of carbonyl (C=O) groups excluding carboxylic acids is 2. The second-order valence-corrected chi connectivity index (χ2v) is 7.75. The lowest BCUT2D eigenvalue weighted by Gasteiger charge is -2.39. The quantitative estimate of drug-likeness (QED) is 0.784. The Bertz CT molecular complexity index is 654. The van der Waals surface area contributed by atoms with Gasteiger partial charge in [-0.05, 0) is 25.8 Å². The van der Waals surface area contributed by atoms with Crippen LogP contribution in [0.25, 0.3) is 0 Å². The second kappa shape index (κ2) is 7.26. The van der Waals surface area contributed by atoms with Gasteiger partial charge in [-0.2, -0.15) is 5.10 Å². The topological polar surface area (TPSA) is 64.9 Å². The summed E-state index contributed by atoms with van der Waals surface area (Å²) in [7, 11) is 2.08. The predicted octanol–water partition coefficient (Wildman–Crippen LogP) is 0.418. The van der Waals surface area contributed by atoms with Gasteiger partial charge in [-0.15, -0.1) is 0 Å². The Labute approximate surface area is 154 Å². The number of piperazine rings is 2. The molecule has 0 spiro atoms. The Hall–Kier alpha value is -2.09. The molecule has 1 aliphatic carbocycles. The van der Waals surface area contributed by atoms with Crippen LogP contribution in [0, 0.1) is 5.92 Å². The monoisotopic (exact) mass is 360 g/mol. The van der Waals surface area contributed by atoms with Gasteiger partial charge in [0.1, 0.15) is 0 Å². The molecule has 0 bridgehead atoms. The van der Waals surface area contributed by atoms with Crippen molar-refractivity contribution >= 4 is 11.9 Å². The van der Waals surface area contributed by atoms with Gasteiger partial charge in [0.05, 0.1) is 11.8 Å². The third kappa shape index (κ3) is 3.85. The van der Waals surface area contributed by atoms with Crippen molar-refractivity contribution in [3.63, 3.8) is 0 Å². The standard InChI is InChI=1S/C18H28N6O2/c1-20-4-6-22(7-5-20)18(26)23-10-8-21(9-11-23)17(25)16-12-19-24(14-16)13-15-2-3-15/h12,14-15H,2-11,13H2,1H3. The number of likely N-dealkylation sites (N-methyl/N-ethyl adjacent to an activating group) is 1. The van der Waals surface area contributed by atoms with Crippen LogP contribution in [0.4, 0.5) is 4.79 Å². The van der Waals surface area contributed by atoms with E-state index in [-0.39, 0.29) is 11.9 Å². The predicted molar refractivity (Wildman–Crippen MR) is 96.9 cm³/mol. The number of carbonyl (C=O) groups is 2. The average Bonchev–Trinajstić information content (AvgIpc) is 3.36. The summed E-state index contributed by atoms with van der Waals surface area (Å²) < 4.78 is 1.89. The summed E-state index contributed by atoms with van der Waals surface area (Å²) in [6, 6.07) is 0.113. The van der Waals surface area contributed by atoms with Gasteiger partial charge in [0.15, 0.2) is 0 Å². The number of hydrogen-bond donors (Lipinski definition) is 0. The van der Waals surface area contributed by atoms with E-state index in [1.54, 1.807) is 6.20 Å². The first-order valence-corrected chi connectivity index (χ1v) is 9.64. The fraction of sp³-hybridized carbons (Fsp3) is 0.722. The van der Waals surface area contributed by atoms with E-state index in [0.717, 1.165) is 38.6 Å². The molecule has 4 rings (SSSR count). The Morgan fingerprint density at radius 2 is 1.54 bits per heavy atom. The zero-order chi connectivity index (χ0) is 18.1. The van der Waals surface area contributed by atoms with Crippen LogP contribution in [0.5, 0.6) is 0 Å². The molecule has 3 heterocycles. The number of amides is 3. The molecule has 0 atom stereocenters. The first kappa shape index (κ1) is 17.3. The van der Waals surface area contributed by atoms with Crippen molar-refractivity contribution in [1.82, 2.24) is 29.4 Å². The summed E-state index contributed by atoms with van der Waals surface area (Å²) in [5.41, 5.74) is 0.657. The maximum absolute atomic E-state index is 12.7. The van der Waals surface area contributed by atoms with E-state index in [2.05, 4.69) is 17.0 Å². The molecule has 142 valence electrons. The molecule has 0 N–H and O–H groups in total. The molecular formula is C18H28N6O2. The number of aromatic nitrogens is 2. The van der Waals surface area contributed by atoms with Gasteiger partial charge in [0, 0.05) is 65.1 Å². The lowest BCUT2D eigenvalue weighted by Crippen LogP contribution is -2.57. The lowest BCUT2D eigenvalue weighted by atomic mass is 10.2. The largest absolute Gasteiger partial charge is 0.335 e. The molecule has 3 aliphatic rings. The maximum atomic E-state index is 12.7. The van der Waals surface area contributed by atoms with Crippen LogP contribution >= 0.6 is 0 Å². The molecule has 26 heavy (non-hydrogen) atoms. The Morgan fingerprint density at radius 3 is 2.15 bits per heavy atom. The summed E-state index contributed by atoms with van der Waals surface area (Å²) in [5, 5.41) is 4.32. The summed E-state index contributed by atoms with van der Waals surface area (Å²) in [6.45, 7) is 6.73. The number of urea groups is 1. The molecule has 0 radical (unpaired) electrons. The SMILES string of the molecule is CN1CCN(C(=O)N2CCN(C(=O)c3cnn(CC4CC4)c3)CC2)CC1. The Balaban J connectivity index is 1.28. The van der Waals surface area contributed by atoms with E-state index in [1.165, 1.54) is 12.8 Å². The molecule has 0 aromatic carbocycles. The second-order valence-electron chi connectivity index (χ2n) is 7.75. The van der Waals surface area contributed by atoms with Crippen LogP contribution < -0.4 is 0 Å². The molecule has 8 nitrogen and oxygen atoms in total. The van der Waals surface area contributed by atoms with Crippen molar-refractivity contribution in [1.29, 1.82) is 0 Å². The van der Waals surface area contributed by atoms with Crippen LogP contribution in [0.1, 0.15) is 23.2 Å². The molecular weight excluding hydrogens is 332 g/mol. The van der Waals surface area contributed by atoms with Crippen molar-refractivity contribution in [2.75, 3.05) is 59.4 Å². The first-order chi connectivity index (χ1) is 12.6. The van der Waals surface area contributed by atoms with E-state index in [1.807, 2.05) is 25.6 Å². The van der Waals surface area contributed by atoms with E-state index in [4.69, 9.17) is 0 Å².